The predicted molar refractivity (Wildman–Crippen MR) is 157 cm³/mol. The number of nitrogens with zero attached hydrogens (tertiary/aromatic N) is 3. The van der Waals surface area contributed by atoms with Crippen molar-refractivity contribution in [2.45, 2.75) is 25.9 Å². The number of methoxy groups -OCH3 is 2. The van der Waals surface area contributed by atoms with Crippen LogP contribution >= 0.6 is 12.2 Å². The minimum absolute atomic E-state index is 0.000471. The van der Waals surface area contributed by atoms with Crippen molar-refractivity contribution in [3.8, 4) is 11.4 Å². The van der Waals surface area contributed by atoms with Crippen LogP contribution in [0, 0.1) is 13.8 Å². The van der Waals surface area contributed by atoms with E-state index in [0.29, 0.717) is 10.8 Å². The molecule has 2 atom stereocenters. The quantitative estimate of drug-likeness (QED) is 0.295. The molecule has 39 heavy (non-hydrogen) atoms. The number of hydrogen-bond acceptors (Lipinski definition) is 5. The topological polar surface area (TPSA) is 80.7 Å². The second-order valence-corrected chi connectivity index (χ2v) is 9.77. The highest BCUT2D eigenvalue weighted by Gasteiger charge is 2.42. The number of pyridine rings is 1. The molecule has 3 heterocycles. The molecular weight excluding hydrogens is 510 g/mol. The molecule has 4 aromatic rings. The highest BCUT2D eigenvalue weighted by molar-refractivity contribution is 7.80. The van der Waals surface area contributed by atoms with Crippen molar-refractivity contribution >= 4 is 34.6 Å². The van der Waals surface area contributed by atoms with Gasteiger partial charge in [-0.2, -0.15) is 0 Å². The molecule has 8 nitrogen and oxygen atoms in total. The van der Waals surface area contributed by atoms with E-state index in [1.807, 2.05) is 54.6 Å². The first-order valence-electron chi connectivity index (χ1n) is 12.6. The zero-order valence-corrected chi connectivity index (χ0v) is 23.2. The molecule has 9 heteroatoms. The SMILES string of the molecule is COCC(=O)Nc1ccc(N2C(=S)N[C@@H](c3ccccn3)[C@H]2c2cc(C)n(-c3ccc(OC)cc3)c2C)cc1. The van der Waals surface area contributed by atoms with E-state index in [4.69, 9.17) is 21.7 Å². The first-order valence-corrected chi connectivity index (χ1v) is 13.0. The van der Waals surface area contributed by atoms with Crippen LogP contribution < -0.4 is 20.3 Å². The fraction of sp³-hybridized carbons (Fsp3) is 0.233. The summed E-state index contributed by atoms with van der Waals surface area (Å²) in [6.45, 7) is 4.24. The number of carbonyl (C=O) groups is 1. The summed E-state index contributed by atoms with van der Waals surface area (Å²) in [5.41, 5.74) is 6.94. The number of hydrogen-bond donors (Lipinski definition) is 2. The highest BCUT2D eigenvalue weighted by Crippen LogP contribution is 2.44. The summed E-state index contributed by atoms with van der Waals surface area (Å²) >= 11 is 5.90. The molecule has 1 fully saturated rings. The predicted octanol–water partition coefficient (Wildman–Crippen LogP) is 5.26. The number of anilines is 2. The van der Waals surface area contributed by atoms with Gasteiger partial charge in [0.15, 0.2) is 5.11 Å². The Morgan fingerprint density at radius 3 is 2.38 bits per heavy atom. The molecule has 0 saturated carbocycles. The van der Waals surface area contributed by atoms with Gasteiger partial charge >= 0.3 is 0 Å². The number of aryl methyl sites for hydroxylation is 1. The van der Waals surface area contributed by atoms with Gasteiger partial charge in [0.05, 0.1) is 24.9 Å². The molecule has 0 spiro atoms. The molecule has 0 unspecified atom stereocenters. The summed E-state index contributed by atoms with van der Waals surface area (Å²) in [6.07, 6.45) is 1.80. The van der Waals surface area contributed by atoms with Gasteiger partial charge in [0.25, 0.3) is 0 Å². The Bertz CT molecular complexity index is 1470. The Morgan fingerprint density at radius 1 is 1.03 bits per heavy atom. The summed E-state index contributed by atoms with van der Waals surface area (Å²) in [4.78, 5) is 18.8. The van der Waals surface area contributed by atoms with Crippen LogP contribution in [0.3, 0.4) is 0 Å². The fourth-order valence-electron chi connectivity index (χ4n) is 5.20. The number of amides is 1. The molecule has 200 valence electrons. The van der Waals surface area contributed by atoms with Crippen LogP contribution in [-0.4, -0.2) is 41.4 Å². The van der Waals surface area contributed by atoms with Crippen molar-refractivity contribution in [3.63, 3.8) is 0 Å². The highest BCUT2D eigenvalue weighted by atomic mass is 32.1. The Labute approximate surface area is 233 Å². The van der Waals surface area contributed by atoms with E-state index < -0.39 is 0 Å². The summed E-state index contributed by atoms with van der Waals surface area (Å²) in [5.74, 6) is 0.609. The maximum absolute atomic E-state index is 12.0. The average Bonchev–Trinajstić information content (AvgIpc) is 3.44. The number of thiocarbonyl (C=S) groups is 1. The van der Waals surface area contributed by atoms with Gasteiger partial charge in [-0.1, -0.05) is 6.07 Å². The summed E-state index contributed by atoms with van der Waals surface area (Å²) in [7, 11) is 3.16. The van der Waals surface area contributed by atoms with Crippen molar-refractivity contribution in [1.29, 1.82) is 0 Å². The fourth-order valence-corrected chi connectivity index (χ4v) is 5.54. The lowest BCUT2D eigenvalue weighted by Crippen LogP contribution is -2.29. The molecule has 0 aliphatic carbocycles. The molecule has 2 N–H and O–H groups in total. The number of ether oxygens (including phenoxy) is 2. The largest absolute Gasteiger partial charge is 0.497 e. The van der Waals surface area contributed by atoms with Gasteiger partial charge in [0.1, 0.15) is 12.4 Å². The Balaban J connectivity index is 1.57. The molecule has 0 radical (unpaired) electrons. The number of nitrogens with one attached hydrogen (secondary N) is 2. The van der Waals surface area contributed by atoms with Crippen molar-refractivity contribution in [3.05, 3.63) is 102 Å². The van der Waals surface area contributed by atoms with Crippen molar-refractivity contribution < 1.29 is 14.3 Å². The zero-order chi connectivity index (χ0) is 27.5. The Kier molecular flexibility index (Phi) is 7.63. The molecule has 5 rings (SSSR count). The zero-order valence-electron chi connectivity index (χ0n) is 22.3. The van der Waals surface area contributed by atoms with E-state index in [-0.39, 0.29) is 24.6 Å². The van der Waals surface area contributed by atoms with E-state index in [1.54, 1.807) is 13.3 Å². The molecule has 1 aliphatic rings. The third-order valence-electron chi connectivity index (χ3n) is 6.92. The molecule has 0 bridgehead atoms. The lowest BCUT2D eigenvalue weighted by molar-refractivity contribution is -0.119. The smallest absolute Gasteiger partial charge is 0.250 e. The van der Waals surface area contributed by atoms with Crippen molar-refractivity contribution in [1.82, 2.24) is 14.9 Å². The van der Waals surface area contributed by atoms with Crippen LogP contribution in [0.25, 0.3) is 5.69 Å². The molecule has 1 aliphatic heterocycles. The molecule has 1 amide bonds. The number of aromatic nitrogens is 2. The number of rotatable bonds is 8. The maximum atomic E-state index is 12.0. The van der Waals surface area contributed by atoms with E-state index in [2.05, 4.69) is 57.1 Å². The van der Waals surface area contributed by atoms with Gasteiger partial charge in [-0.25, -0.2) is 0 Å². The molecule has 1 saturated heterocycles. The van der Waals surface area contributed by atoms with Crippen LogP contribution in [0.1, 0.15) is 34.7 Å². The van der Waals surface area contributed by atoms with Crippen molar-refractivity contribution in [2.75, 3.05) is 31.0 Å². The normalized spacial score (nSPS) is 16.7. The molecular formula is C30H31N5O3S. The maximum Gasteiger partial charge on any atom is 0.250 e. The minimum Gasteiger partial charge on any atom is -0.497 e. The Hall–Kier alpha value is -4.21. The molecule has 2 aromatic carbocycles. The minimum atomic E-state index is -0.206. The third-order valence-corrected chi connectivity index (χ3v) is 7.24. The standard InChI is InChI=1S/C30H31N5O3S/c1-19-17-25(20(2)34(19)22-12-14-24(38-4)15-13-22)29-28(26-7-5-6-16-31-26)33-30(39)35(29)23-10-8-21(9-11-23)32-27(36)18-37-3/h5-17,28-29H,18H2,1-4H3,(H,32,36)(H,33,39)/t28-,29+/m0/s1. The van der Waals surface area contributed by atoms with E-state index in [1.165, 1.54) is 7.11 Å². The summed E-state index contributed by atoms with van der Waals surface area (Å²) in [6, 6.07) is 23.6. The van der Waals surface area contributed by atoms with Gasteiger partial charge in [-0.3, -0.25) is 9.78 Å². The molecule has 2 aromatic heterocycles. The number of benzene rings is 2. The summed E-state index contributed by atoms with van der Waals surface area (Å²) < 4.78 is 12.5. The van der Waals surface area contributed by atoms with E-state index in [9.17, 15) is 4.79 Å². The van der Waals surface area contributed by atoms with Crippen LogP contribution in [0.15, 0.2) is 79.0 Å². The monoisotopic (exact) mass is 541 g/mol. The van der Waals surface area contributed by atoms with Gasteiger partial charge in [0, 0.05) is 41.8 Å². The van der Waals surface area contributed by atoms with Gasteiger partial charge in [-0.15, -0.1) is 0 Å². The van der Waals surface area contributed by atoms with E-state index in [0.717, 1.165) is 39.8 Å². The van der Waals surface area contributed by atoms with Gasteiger partial charge in [0.2, 0.25) is 5.91 Å². The Morgan fingerprint density at radius 2 is 1.74 bits per heavy atom. The van der Waals surface area contributed by atoms with Gasteiger partial charge in [-0.05, 0) is 98.4 Å². The lowest BCUT2D eigenvalue weighted by Gasteiger charge is -2.28. The van der Waals surface area contributed by atoms with Crippen LogP contribution in [-0.2, 0) is 9.53 Å². The first-order chi connectivity index (χ1) is 18.9. The lowest BCUT2D eigenvalue weighted by atomic mass is 9.96. The van der Waals surface area contributed by atoms with Crippen LogP contribution in [0.5, 0.6) is 5.75 Å². The number of carbonyl (C=O) groups excluding carboxylic acids is 1. The van der Waals surface area contributed by atoms with Gasteiger partial charge < -0.3 is 29.6 Å². The van der Waals surface area contributed by atoms with E-state index >= 15 is 0 Å². The summed E-state index contributed by atoms with van der Waals surface area (Å²) in [5, 5.41) is 6.98. The second-order valence-electron chi connectivity index (χ2n) is 9.38. The second kappa shape index (κ2) is 11.3. The average molecular weight is 542 g/mol. The third kappa shape index (κ3) is 5.23. The first kappa shape index (κ1) is 26.4. The van der Waals surface area contributed by atoms with Crippen molar-refractivity contribution in [2.24, 2.45) is 0 Å². The van der Waals surface area contributed by atoms with Crippen LogP contribution in [0.4, 0.5) is 11.4 Å². The van der Waals surface area contributed by atoms with Crippen LogP contribution in [0.2, 0.25) is 0 Å².